The average Bonchev–Trinajstić information content (AvgIpc) is 2.36. The molecular weight excluding hydrogens is 240 g/mol. The fourth-order valence-electron chi connectivity index (χ4n) is 1.65. The first-order valence-electron chi connectivity index (χ1n) is 4.89. The second kappa shape index (κ2) is 4.28. The Balaban J connectivity index is 2.90. The molecule has 92 valence electrons. The normalized spacial score (nSPS) is 10.3. The number of aromatic nitrogens is 1. The molecule has 1 aromatic carbocycles. The number of methoxy groups -OCH3 is 1. The monoisotopic (exact) mass is 248 g/mol. The number of nitro benzene ring substituents is 1. The molecule has 0 aliphatic heterocycles. The summed E-state index contributed by atoms with van der Waals surface area (Å²) in [5, 5.41) is 20.1. The number of carbonyl (C=O) groups is 1. The quantitative estimate of drug-likeness (QED) is 0.656. The zero-order chi connectivity index (χ0) is 13.3. The Bertz CT molecular complexity index is 653. The zero-order valence-electron chi connectivity index (χ0n) is 9.28. The zero-order valence-corrected chi connectivity index (χ0v) is 9.28. The fourth-order valence-corrected chi connectivity index (χ4v) is 1.65. The Labute approximate surface area is 101 Å². The van der Waals surface area contributed by atoms with Crippen molar-refractivity contribution in [3.63, 3.8) is 0 Å². The first-order valence-corrected chi connectivity index (χ1v) is 4.89. The molecule has 0 spiro atoms. The van der Waals surface area contributed by atoms with Crippen molar-refractivity contribution in [2.75, 3.05) is 7.11 Å². The highest BCUT2D eigenvalue weighted by Gasteiger charge is 2.19. The van der Waals surface area contributed by atoms with Crippen LogP contribution in [0.1, 0.15) is 10.4 Å². The maximum absolute atomic E-state index is 11.1. The van der Waals surface area contributed by atoms with E-state index in [0.717, 1.165) is 0 Å². The highest BCUT2D eigenvalue weighted by molar-refractivity contribution is 6.05. The number of nitrogens with zero attached hydrogens (tertiary/aromatic N) is 2. The largest absolute Gasteiger partial charge is 0.496 e. The van der Waals surface area contributed by atoms with E-state index < -0.39 is 10.9 Å². The topological polar surface area (TPSA) is 103 Å². The molecule has 0 atom stereocenters. The van der Waals surface area contributed by atoms with Gasteiger partial charge in [0.05, 0.1) is 23.7 Å². The number of non-ortho nitro benzene ring substituents is 1. The fraction of sp³-hybridized carbons (Fsp3) is 0.0909. The average molecular weight is 248 g/mol. The minimum atomic E-state index is -1.18. The number of hydrogen-bond donors (Lipinski definition) is 1. The molecule has 1 aromatic heterocycles. The molecule has 1 N–H and O–H groups in total. The molecule has 7 nitrogen and oxygen atoms in total. The van der Waals surface area contributed by atoms with Gasteiger partial charge in [0.25, 0.3) is 5.69 Å². The van der Waals surface area contributed by atoms with Crippen molar-refractivity contribution in [1.82, 2.24) is 4.98 Å². The summed E-state index contributed by atoms with van der Waals surface area (Å²) in [6, 6.07) is 3.91. The first-order chi connectivity index (χ1) is 8.54. The number of nitro groups is 1. The molecule has 0 amide bonds. The molecule has 0 radical (unpaired) electrons. The third kappa shape index (κ3) is 1.81. The van der Waals surface area contributed by atoms with Crippen LogP contribution < -0.4 is 4.74 Å². The van der Waals surface area contributed by atoms with Crippen LogP contribution in [-0.4, -0.2) is 28.1 Å². The van der Waals surface area contributed by atoms with E-state index in [2.05, 4.69) is 4.98 Å². The van der Waals surface area contributed by atoms with E-state index in [1.54, 1.807) is 0 Å². The van der Waals surface area contributed by atoms with Crippen molar-refractivity contribution in [2.24, 2.45) is 0 Å². The van der Waals surface area contributed by atoms with Gasteiger partial charge in [0.1, 0.15) is 11.3 Å². The summed E-state index contributed by atoms with van der Waals surface area (Å²) >= 11 is 0. The molecule has 0 aliphatic rings. The molecule has 0 fully saturated rings. The van der Waals surface area contributed by atoms with E-state index in [-0.39, 0.29) is 27.9 Å². The van der Waals surface area contributed by atoms with Crippen molar-refractivity contribution in [1.29, 1.82) is 0 Å². The number of benzene rings is 1. The predicted octanol–water partition coefficient (Wildman–Crippen LogP) is 1.85. The molecule has 0 saturated carbocycles. The summed E-state index contributed by atoms with van der Waals surface area (Å²) in [7, 11) is 1.35. The molecule has 0 unspecified atom stereocenters. The second-order valence-corrected chi connectivity index (χ2v) is 3.46. The number of pyridine rings is 1. The Morgan fingerprint density at radius 3 is 2.78 bits per heavy atom. The number of carboxylic acid groups (broad SMARTS) is 1. The number of carboxylic acids is 1. The van der Waals surface area contributed by atoms with Crippen LogP contribution in [0.25, 0.3) is 10.9 Å². The predicted molar refractivity (Wildman–Crippen MR) is 61.9 cm³/mol. The van der Waals surface area contributed by atoms with Crippen LogP contribution >= 0.6 is 0 Å². The molecule has 2 aromatic rings. The van der Waals surface area contributed by atoms with E-state index in [9.17, 15) is 14.9 Å². The lowest BCUT2D eigenvalue weighted by molar-refractivity contribution is -0.383. The van der Waals surface area contributed by atoms with Crippen LogP contribution in [0, 0.1) is 10.1 Å². The summed E-state index contributed by atoms with van der Waals surface area (Å²) in [4.78, 5) is 25.2. The maximum atomic E-state index is 11.1. The van der Waals surface area contributed by atoms with Gasteiger partial charge in [-0.05, 0) is 12.1 Å². The van der Waals surface area contributed by atoms with Crippen LogP contribution in [0.5, 0.6) is 5.75 Å². The van der Waals surface area contributed by atoms with E-state index >= 15 is 0 Å². The van der Waals surface area contributed by atoms with E-state index in [0.29, 0.717) is 0 Å². The number of aromatic carboxylic acids is 1. The maximum Gasteiger partial charge on any atom is 0.336 e. The molecule has 2 rings (SSSR count). The lowest BCUT2D eigenvalue weighted by Gasteiger charge is -2.05. The highest BCUT2D eigenvalue weighted by Crippen LogP contribution is 2.31. The lowest BCUT2D eigenvalue weighted by Crippen LogP contribution is -2.01. The smallest absolute Gasteiger partial charge is 0.336 e. The van der Waals surface area contributed by atoms with Gasteiger partial charge in [0.15, 0.2) is 0 Å². The SMILES string of the molecule is COc1cc([N+](=O)[O-])c2nccc(C(=O)O)c2c1. The minimum absolute atomic E-state index is 0.0284. The van der Waals surface area contributed by atoms with Gasteiger partial charge in [-0.2, -0.15) is 0 Å². The lowest BCUT2D eigenvalue weighted by atomic mass is 10.1. The summed E-state index contributed by atoms with van der Waals surface area (Å²) in [5.74, 6) is -0.963. The third-order valence-electron chi connectivity index (χ3n) is 2.46. The van der Waals surface area contributed by atoms with Crippen LogP contribution in [0.2, 0.25) is 0 Å². The number of ether oxygens (including phenoxy) is 1. The van der Waals surface area contributed by atoms with Gasteiger partial charge >= 0.3 is 5.97 Å². The molecule has 1 heterocycles. The van der Waals surface area contributed by atoms with Crippen LogP contribution in [-0.2, 0) is 0 Å². The summed E-state index contributed by atoms with van der Waals surface area (Å²) < 4.78 is 4.92. The molecule has 0 aliphatic carbocycles. The van der Waals surface area contributed by atoms with Crippen molar-refractivity contribution >= 4 is 22.6 Å². The third-order valence-corrected chi connectivity index (χ3v) is 2.46. The Morgan fingerprint density at radius 2 is 2.22 bits per heavy atom. The van der Waals surface area contributed by atoms with Gasteiger partial charge in [0, 0.05) is 11.6 Å². The minimum Gasteiger partial charge on any atom is -0.496 e. The van der Waals surface area contributed by atoms with Crippen molar-refractivity contribution in [2.45, 2.75) is 0 Å². The Hall–Kier alpha value is -2.70. The van der Waals surface area contributed by atoms with Gasteiger partial charge in [-0.3, -0.25) is 10.1 Å². The van der Waals surface area contributed by atoms with Crippen molar-refractivity contribution < 1.29 is 19.6 Å². The highest BCUT2D eigenvalue weighted by atomic mass is 16.6. The summed E-state index contributed by atoms with van der Waals surface area (Å²) in [6.07, 6.45) is 1.23. The van der Waals surface area contributed by atoms with Crippen LogP contribution in [0.3, 0.4) is 0 Å². The van der Waals surface area contributed by atoms with E-state index in [4.69, 9.17) is 9.84 Å². The van der Waals surface area contributed by atoms with Gasteiger partial charge in [-0.1, -0.05) is 0 Å². The van der Waals surface area contributed by atoms with Crippen LogP contribution in [0.15, 0.2) is 24.4 Å². The van der Waals surface area contributed by atoms with Gasteiger partial charge in [0.2, 0.25) is 0 Å². The van der Waals surface area contributed by atoms with Crippen molar-refractivity contribution in [3.05, 3.63) is 40.1 Å². The van der Waals surface area contributed by atoms with Crippen molar-refractivity contribution in [3.8, 4) is 5.75 Å². The number of rotatable bonds is 3. The van der Waals surface area contributed by atoms with E-state index in [1.807, 2.05) is 0 Å². The van der Waals surface area contributed by atoms with E-state index in [1.165, 1.54) is 31.5 Å². The molecular formula is C11H8N2O5. The second-order valence-electron chi connectivity index (χ2n) is 3.46. The standard InChI is InChI=1S/C11H8N2O5/c1-18-6-4-8-7(11(14)15)2-3-12-10(8)9(5-6)13(16)17/h2-5H,1H3,(H,14,15). The van der Waals surface area contributed by atoms with Gasteiger partial charge in [-0.25, -0.2) is 9.78 Å². The summed E-state index contributed by atoms with van der Waals surface area (Å²) in [6.45, 7) is 0. The van der Waals surface area contributed by atoms with Gasteiger partial charge in [-0.15, -0.1) is 0 Å². The number of fused-ring (bicyclic) bond motifs is 1. The molecule has 0 saturated heterocycles. The molecule has 7 heteroatoms. The Morgan fingerprint density at radius 1 is 1.50 bits per heavy atom. The van der Waals surface area contributed by atoms with Crippen LogP contribution in [0.4, 0.5) is 5.69 Å². The summed E-state index contributed by atoms with van der Waals surface area (Å²) in [5.41, 5.74) is -0.310. The first kappa shape index (κ1) is 11.8. The molecule has 18 heavy (non-hydrogen) atoms. The molecule has 0 bridgehead atoms. The Kier molecular flexibility index (Phi) is 2.80. The number of hydrogen-bond acceptors (Lipinski definition) is 5. The van der Waals surface area contributed by atoms with Gasteiger partial charge < -0.3 is 9.84 Å².